The Morgan fingerprint density at radius 3 is 2.45 bits per heavy atom. The van der Waals surface area contributed by atoms with E-state index in [-0.39, 0.29) is 5.91 Å². The minimum absolute atomic E-state index is 0.226. The standard InChI is InChI=1S/C26H36N4O/c1-19-9-7-10-22(15-19)17-29-12-8-11-23(18-29)26-27-20(2)24(21(3)28-26)16-25(31)30-13-5-4-6-14-30/h7,9-10,15,23H,4-6,8,11-14,16-18H2,1-3H3/t23-/m0/s1. The monoisotopic (exact) mass is 420 g/mol. The molecule has 1 aromatic heterocycles. The van der Waals surface area contributed by atoms with Crippen LogP contribution in [0.25, 0.3) is 0 Å². The molecule has 0 aliphatic carbocycles. The molecule has 3 heterocycles. The smallest absolute Gasteiger partial charge is 0.227 e. The van der Waals surface area contributed by atoms with Crippen molar-refractivity contribution in [1.29, 1.82) is 0 Å². The Balaban J connectivity index is 1.43. The Bertz CT molecular complexity index is 896. The van der Waals surface area contributed by atoms with Crippen LogP contribution in [0, 0.1) is 20.8 Å². The van der Waals surface area contributed by atoms with E-state index in [1.165, 1.54) is 24.0 Å². The Morgan fingerprint density at radius 1 is 1.00 bits per heavy atom. The molecule has 31 heavy (non-hydrogen) atoms. The average Bonchev–Trinajstić information content (AvgIpc) is 2.77. The number of likely N-dealkylation sites (tertiary alicyclic amines) is 2. The van der Waals surface area contributed by atoms with Gasteiger partial charge in [-0.2, -0.15) is 0 Å². The number of aromatic nitrogens is 2. The lowest BCUT2D eigenvalue weighted by Crippen LogP contribution is -2.37. The van der Waals surface area contributed by atoms with Crippen molar-refractivity contribution in [2.75, 3.05) is 26.2 Å². The molecule has 4 rings (SSSR count). The maximum atomic E-state index is 12.8. The normalized spacial score (nSPS) is 20.1. The minimum Gasteiger partial charge on any atom is -0.342 e. The van der Waals surface area contributed by atoms with Gasteiger partial charge in [-0.05, 0) is 65.0 Å². The molecule has 0 saturated carbocycles. The molecule has 0 N–H and O–H groups in total. The molecule has 0 bridgehead atoms. The van der Waals surface area contributed by atoms with Crippen LogP contribution in [0.5, 0.6) is 0 Å². The Morgan fingerprint density at radius 2 is 1.74 bits per heavy atom. The van der Waals surface area contributed by atoms with E-state index in [0.29, 0.717) is 12.3 Å². The highest BCUT2D eigenvalue weighted by atomic mass is 16.2. The molecule has 5 heteroatoms. The number of carbonyl (C=O) groups excluding carboxylic acids is 1. The van der Waals surface area contributed by atoms with E-state index in [4.69, 9.17) is 9.97 Å². The highest BCUT2D eigenvalue weighted by molar-refractivity contribution is 5.79. The van der Waals surface area contributed by atoms with Crippen molar-refractivity contribution < 1.29 is 4.79 Å². The quantitative estimate of drug-likeness (QED) is 0.722. The summed E-state index contributed by atoms with van der Waals surface area (Å²) in [5, 5.41) is 0. The first kappa shape index (κ1) is 21.9. The van der Waals surface area contributed by atoms with Crippen LogP contribution in [0.2, 0.25) is 0 Å². The molecule has 1 amide bonds. The summed E-state index contributed by atoms with van der Waals surface area (Å²) in [7, 11) is 0. The second kappa shape index (κ2) is 9.90. The van der Waals surface area contributed by atoms with E-state index in [9.17, 15) is 4.79 Å². The molecule has 5 nitrogen and oxygen atoms in total. The first-order valence-electron chi connectivity index (χ1n) is 11.9. The van der Waals surface area contributed by atoms with Crippen LogP contribution in [0.1, 0.15) is 71.9 Å². The summed E-state index contributed by atoms with van der Waals surface area (Å²) >= 11 is 0. The second-order valence-corrected chi connectivity index (χ2v) is 9.41. The van der Waals surface area contributed by atoms with E-state index >= 15 is 0 Å². The van der Waals surface area contributed by atoms with Gasteiger partial charge in [0.25, 0.3) is 0 Å². The summed E-state index contributed by atoms with van der Waals surface area (Å²) in [6, 6.07) is 8.80. The zero-order valence-electron chi connectivity index (χ0n) is 19.4. The molecule has 2 aliphatic rings. The SMILES string of the molecule is Cc1cccc(CN2CCC[C@H](c3nc(C)c(CC(=O)N4CCCCC4)c(C)n3)C2)c1. The van der Waals surface area contributed by atoms with Gasteiger partial charge in [0.1, 0.15) is 5.82 Å². The largest absolute Gasteiger partial charge is 0.342 e. The molecule has 2 aromatic rings. The molecule has 0 radical (unpaired) electrons. The average molecular weight is 421 g/mol. The van der Waals surface area contributed by atoms with Crippen molar-refractivity contribution in [2.45, 2.75) is 71.8 Å². The maximum absolute atomic E-state index is 12.8. The topological polar surface area (TPSA) is 49.3 Å². The van der Waals surface area contributed by atoms with E-state index < -0.39 is 0 Å². The maximum Gasteiger partial charge on any atom is 0.227 e. The fourth-order valence-electron chi connectivity index (χ4n) is 5.09. The number of amides is 1. The first-order chi connectivity index (χ1) is 15.0. The third-order valence-electron chi connectivity index (χ3n) is 6.83. The van der Waals surface area contributed by atoms with Crippen LogP contribution in [0.15, 0.2) is 24.3 Å². The summed E-state index contributed by atoms with van der Waals surface area (Å²) in [6.07, 6.45) is 6.23. The van der Waals surface area contributed by atoms with Gasteiger partial charge in [-0.15, -0.1) is 0 Å². The molecule has 0 spiro atoms. The lowest BCUT2D eigenvalue weighted by Gasteiger charge is -2.32. The highest BCUT2D eigenvalue weighted by Gasteiger charge is 2.26. The number of hydrogen-bond acceptors (Lipinski definition) is 4. The minimum atomic E-state index is 0.226. The molecule has 2 aliphatic heterocycles. The third-order valence-corrected chi connectivity index (χ3v) is 6.83. The van der Waals surface area contributed by atoms with Gasteiger partial charge in [-0.3, -0.25) is 9.69 Å². The molecule has 1 atom stereocenters. The summed E-state index contributed by atoms with van der Waals surface area (Å²) in [5.41, 5.74) is 5.66. The number of nitrogens with zero attached hydrogens (tertiary/aromatic N) is 4. The zero-order valence-corrected chi connectivity index (χ0v) is 19.4. The van der Waals surface area contributed by atoms with E-state index in [1.807, 2.05) is 18.7 Å². The Labute approximate surface area is 186 Å². The lowest BCUT2D eigenvalue weighted by atomic mass is 9.95. The van der Waals surface area contributed by atoms with Crippen LogP contribution in [-0.2, 0) is 17.8 Å². The molecule has 1 aromatic carbocycles. The number of rotatable bonds is 5. The lowest BCUT2D eigenvalue weighted by molar-refractivity contribution is -0.131. The zero-order chi connectivity index (χ0) is 21.8. The molecular formula is C26H36N4O. The number of aryl methyl sites for hydroxylation is 3. The number of carbonyl (C=O) groups is 1. The summed E-state index contributed by atoms with van der Waals surface area (Å²) in [5.74, 6) is 1.55. The Hall–Kier alpha value is -2.27. The van der Waals surface area contributed by atoms with Gasteiger partial charge in [0.15, 0.2) is 0 Å². The van der Waals surface area contributed by atoms with Gasteiger partial charge in [-0.1, -0.05) is 29.8 Å². The van der Waals surface area contributed by atoms with Crippen LogP contribution >= 0.6 is 0 Å². The van der Waals surface area contributed by atoms with Crippen molar-refractivity contribution in [3.05, 3.63) is 58.2 Å². The number of benzene rings is 1. The Kier molecular flexibility index (Phi) is 7.01. The molecule has 166 valence electrons. The molecule has 0 unspecified atom stereocenters. The molecular weight excluding hydrogens is 384 g/mol. The second-order valence-electron chi connectivity index (χ2n) is 9.41. The van der Waals surface area contributed by atoms with Crippen molar-refractivity contribution in [2.24, 2.45) is 0 Å². The highest BCUT2D eigenvalue weighted by Crippen LogP contribution is 2.27. The van der Waals surface area contributed by atoms with E-state index in [1.54, 1.807) is 0 Å². The van der Waals surface area contributed by atoms with Crippen LogP contribution < -0.4 is 0 Å². The van der Waals surface area contributed by atoms with Gasteiger partial charge < -0.3 is 4.90 Å². The van der Waals surface area contributed by atoms with Gasteiger partial charge in [0.05, 0.1) is 6.42 Å². The van der Waals surface area contributed by atoms with Gasteiger partial charge in [0, 0.05) is 49.0 Å². The van der Waals surface area contributed by atoms with Gasteiger partial charge in [0.2, 0.25) is 5.91 Å². The van der Waals surface area contributed by atoms with Crippen molar-refractivity contribution >= 4 is 5.91 Å². The molecule has 2 fully saturated rings. The fraction of sp³-hybridized carbons (Fsp3) is 0.577. The third kappa shape index (κ3) is 5.51. The van der Waals surface area contributed by atoms with E-state index in [2.05, 4.69) is 36.1 Å². The number of hydrogen-bond donors (Lipinski definition) is 0. The van der Waals surface area contributed by atoms with Crippen LogP contribution in [-0.4, -0.2) is 51.9 Å². The summed E-state index contributed by atoms with van der Waals surface area (Å²) in [6.45, 7) is 11.2. The van der Waals surface area contributed by atoms with E-state index in [0.717, 1.165) is 74.8 Å². The summed E-state index contributed by atoms with van der Waals surface area (Å²) < 4.78 is 0. The van der Waals surface area contributed by atoms with Crippen molar-refractivity contribution in [3.8, 4) is 0 Å². The fourth-order valence-corrected chi connectivity index (χ4v) is 5.09. The molecule has 2 saturated heterocycles. The van der Waals surface area contributed by atoms with Gasteiger partial charge in [-0.25, -0.2) is 9.97 Å². The predicted molar refractivity (Wildman–Crippen MR) is 124 cm³/mol. The van der Waals surface area contributed by atoms with Crippen LogP contribution in [0.3, 0.4) is 0 Å². The van der Waals surface area contributed by atoms with Gasteiger partial charge >= 0.3 is 0 Å². The van der Waals surface area contributed by atoms with Crippen LogP contribution in [0.4, 0.5) is 0 Å². The van der Waals surface area contributed by atoms with Crippen molar-refractivity contribution in [3.63, 3.8) is 0 Å². The summed E-state index contributed by atoms with van der Waals surface area (Å²) in [4.78, 5) is 27.1. The predicted octanol–water partition coefficient (Wildman–Crippen LogP) is 4.34. The number of piperidine rings is 2. The van der Waals surface area contributed by atoms with Crippen molar-refractivity contribution in [1.82, 2.24) is 19.8 Å². The first-order valence-corrected chi connectivity index (χ1v) is 11.9.